The van der Waals surface area contributed by atoms with Gasteiger partial charge in [0.1, 0.15) is 18.1 Å². The summed E-state index contributed by atoms with van der Waals surface area (Å²) >= 11 is 1.37. The largest absolute Gasteiger partial charge is 0.492 e. The van der Waals surface area contributed by atoms with Crippen molar-refractivity contribution in [1.82, 2.24) is 15.0 Å². The van der Waals surface area contributed by atoms with Crippen molar-refractivity contribution in [3.63, 3.8) is 0 Å². The first-order valence-corrected chi connectivity index (χ1v) is 13.2. The summed E-state index contributed by atoms with van der Waals surface area (Å²) in [6.45, 7) is 5.60. The number of amides is 3. The molecule has 3 N–H and O–H groups in total. The zero-order valence-electron chi connectivity index (χ0n) is 20.9. The van der Waals surface area contributed by atoms with E-state index in [1.165, 1.54) is 24.2 Å². The Morgan fingerprint density at radius 2 is 1.79 bits per heavy atom. The molecule has 5 rings (SSSR count). The van der Waals surface area contributed by atoms with Gasteiger partial charge in [0.15, 0.2) is 10.9 Å². The maximum absolute atomic E-state index is 12.7. The molecule has 1 aliphatic rings. The molecule has 38 heavy (non-hydrogen) atoms. The van der Waals surface area contributed by atoms with Crippen LogP contribution in [0.4, 0.5) is 21.4 Å². The van der Waals surface area contributed by atoms with Gasteiger partial charge in [0.2, 0.25) is 0 Å². The summed E-state index contributed by atoms with van der Waals surface area (Å²) in [5, 5.41) is 12.4. The van der Waals surface area contributed by atoms with Gasteiger partial charge in [-0.2, -0.15) is 0 Å². The molecule has 2 aromatic heterocycles. The summed E-state index contributed by atoms with van der Waals surface area (Å²) in [7, 11) is 0. The fraction of sp³-hybridized carbons (Fsp3) is 0.259. The van der Waals surface area contributed by atoms with E-state index in [2.05, 4.69) is 31.0 Å². The molecule has 0 aliphatic carbocycles. The number of aromatic nitrogens is 2. The first-order valence-electron chi connectivity index (χ1n) is 12.4. The lowest BCUT2D eigenvalue weighted by molar-refractivity contribution is 0.102. The molecule has 0 atom stereocenters. The molecule has 0 bridgehead atoms. The van der Waals surface area contributed by atoms with Crippen molar-refractivity contribution in [2.45, 2.75) is 19.8 Å². The Hall–Kier alpha value is -4.22. The predicted molar refractivity (Wildman–Crippen MR) is 147 cm³/mol. The highest BCUT2D eigenvalue weighted by atomic mass is 32.1. The van der Waals surface area contributed by atoms with E-state index in [4.69, 9.17) is 9.26 Å². The van der Waals surface area contributed by atoms with Gasteiger partial charge < -0.3 is 14.6 Å². The van der Waals surface area contributed by atoms with Crippen LogP contribution in [-0.2, 0) is 0 Å². The monoisotopic (exact) mass is 532 g/mol. The first kappa shape index (κ1) is 25.4. The number of urea groups is 1. The van der Waals surface area contributed by atoms with E-state index in [1.54, 1.807) is 43.5 Å². The molecule has 11 heteroatoms. The number of benzene rings is 2. The minimum absolute atomic E-state index is 0.234. The second-order valence-corrected chi connectivity index (χ2v) is 9.92. The zero-order chi connectivity index (χ0) is 26.3. The Kier molecular flexibility index (Phi) is 7.95. The lowest BCUT2D eigenvalue weighted by atomic mass is 10.2. The van der Waals surface area contributed by atoms with Gasteiger partial charge in [-0.3, -0.25) is 20.3 Å². The summed E-state index contributed by atoms with van der Waals surface area (Å²) in [6.07, 6.45) is 4.24. The summed E-state index contributed by atoms with van der Waals surface area (Å²) in [5.41, 5.74) is 2.06. The lowest BCUT2D eigenvalue weighted by Gasteiger charge is -2.14. The number of nitrogens with zero attached hydrogens (tertiary/aromatic N) is 3. The van der Waals surface area contributed by atoms with Gasteiger partial charge in [0.05, 0.1) is 4.88 Å². The predicted octanol–water partition coefficient (Wildman–Crippen LogP) is 5.48. The third-order valence-corrected chi connectivity index (χ3v) is 6.98. The number of rotatable bonds is 9. The Labute approximate surface area is 224 Å². The second kappa shape index (κ2) is 11.9. The van der Waals surface area contributed by atoms with Crippen molar-refractivity contribution < 1.29 is 18.8 Å². The Bertz CT molecular complexity index is 1380. The number of hydrogen-bond acceptors (Lipinski definition) is 8. The number of carbonyl (C=O) groups is 2. The molecule has 0 unspecified atom stereocenters. The summed E-state index contributed by atoms with van der Waals surface area (Å²) < 4.78 is 10.7. The van der Waals surface area contributed by atoms with Crippen molar-refractivity contribution in [3.05, 3.63) is 72.1 Å². The van der Waals surface area contributed by atoms with Crippen LogP contribution >= 0.6 is 11.3 Å². The Morgan fingerprint density at radius 1 is 1.03 bits per heavy atom. The van der Waals surface area contributed by atoms with Gasteiger partial charge in [0, 0.05) is 30.1 Å². The third kappa shape index (κ3) is 6.75. The second-order valence-electron chi connectivity index (χ2n) is 8.88. The van der Waals surface area contributed by atoms with Gasteiger partial charge in [-0.25, -0.2) is 9.78 Å². The van der Waals surface area contributed by atoms with E-state index in [9.17, 15) is 9.59 Å². The number of anilines is 3. The van der Waals surface area contributed by atoms with Crippen molar-refractivity contribution in [2.24, 2.45) is 0 Å². The van der Waals surface area contributed by atoms with Crippen LogP contribution in [0.25, 0.3) is 10.4 Å². The maximum Gasteiger partial charge on any atom is 0.324 e. The van der Waals surface area contributed by atoms with Crippen molar-refractivity contribution in [3.8, 4) is 16.2 Å². The molecule has 1 saturated heterocycles. The fourth-order valence-corrected chi connectivity index (χ4v) is 4.87. The van der Waals surface area contributed by atoms with Crippen LogP contribution in [0.15, 0.2) is 65.3 Å². The number of ether oxygens (including phenoxy) is 1. The highest BCUT2D eigenvalue weighted by Gasteiger charge is 2.13. The van der Waals surface area contributed by atoms with Gasteiger partial charge in [-0.1, -0.05) is 28.6 Å². The van der Waals surface area contributed by atoms with E-state index in [0.29, 0.717) is 34.6 Å². The van der Waals surface area contributed by atoms with Crippen molar-refractivity contribution in [1.29, 1.82) is 0 Å². The van der Waals surface area contributed by atoms with Gasteiger partial charge in [0.25, 0.3) is 5.91 Å². The van der Waals surface area contributed by atoms with Crippen molar-refractivity contribution in [2.75, 3.05) is 42.2 Å². The van der Waals surface area contributed by atoms with Crippen LogP contribution < -0.4 is 20.7 Å². The molecular weight excluding hydrogens is 504 g/mol. The molecular formula is C27H28N6O4S. The van der Waals surface area contributed by atoms with Gasteiger partial charge in [-0.15, -0.1) is 0 Å². The molecule has 0 saturated carbocycles. The van der Waals surface area contributed by atoms with Gasteiger partial charge in [-0.05, 0) is 74.8 Å². The first-order chi connectivity index (χ1) is 18.5. The van der Waals surface area contributed by atoms with E-state index in [-0.39, 0.29) is 5.91 Å². The molecule has 2 aromatic carbocycles. The molecule has 4 aromatic rings. The smallest absolute Gasteiger partial charge is 0.324 e. The molecule has 0 spiro atoms. The Balaban J connectivity index is 1.11. The van der Waals surface area contributed by atoms with E-state index < -0.39 is 6.03 Å². The number of carbonyl (C=O) groups excluding carboxylic acids is 2. The molecule has 1 fully saturated rings. The minimum Gasteiger partial charge on any atom is -0.492 e. The highest BCUT2D eigenvalue weighted by Crippen LogP contribution is 2.30. The fourth-order valence-electron chi connectivity index (χ4n) is 4.06. The van der Waals surface area contributed by atoms with Gasteiger partial charge >= 0.3 is 6.03 Å². The molecule has 3 amide bonds. The van der Waals surface area contributed by atoms with E-state index in [0.717, 1.165) is 35.8 Å². The van der Waals surface area contributed by atoms with Crippen LogP contribution in [-0.4, -0.2) is 53.2 Å². The molecule has 1 aliphatic heterocycles. The van der Waals surface area contributed by atoms with Crippen molar-refractivity contribution >= 4 is 39.9 Å². The number of hydrogen-bond donors (Lipinski definition) is 3. The summed E-state index contributed by atoms with van der Waals surface area (Å²) in [5.74, 6) is 1.47. The maximum atomic E-state index is 12.7. The third-order valence-electron chi connectivity index (χ3n) is 6.01. The Morgan fingerprint density at radius 3 is 2.50 bits per heavy atom. The quantitative estimate of drug-likeness (QED) is 0.261. The average Bonchev–Trinajstić information content (AvgIpc) is 3.68. The lowest BCUT2D eigenvalue weighted by Crippen LogP contribution is -2.25. The normalized spacial score (nSPS) is 13.3. The summed E-state index contributed by atoms with van der Waals surface area (Å²) in [4.78, 5) is 32.4. The van der Waals surface area contributed by atoms with Crippen LogP contribution in [0.2, 0.25) is 0 Å². The van der Waals surface area contributed by atoms with Crippen LogP contribution in [0.5, 0.6) is 5.75 Å². The van der Waals surface area contributed by atoms with Crippen LogP contribution in [0.1, 0.15) is 29.0 Å². The van der Waals surface area contributed by atoms with Crippen LogP contribution in [0.3, 0.4) is 0 Å². The average molecular weight is 533 g/mol. The number of nitrogens with one attached hydrogen (secondary N) is 3. The number of aryl methyl sites for hydroxylation is 1. The SMILES string of the molecule is Cc1cc(NC(=O)Nc2ccc(-c3cnc(NC(=O)c4ccc(OCCN5CCCC5)cc4)s3)cc2)no1. The van der Waals surface area contributed by atoms with E-state index >= 15 is 0 Å². The molecule has 3 heterocycles. The number of thiazole rings is 1. The standard InChI is InChI=1S/C27H28N6O4S/c1-18-16-24(32-37-18)30-26(35)29-21-8-4-19(5-9-21)23-17-28-27(38-23)31-25(34)20-6-10-22(11-7-20)36-15-14-33-12-2-3-13-33/h4-11,16-17H,2-3,12-15H2,1H3,(H,28,31,34)(H2,29,30,32,35). The highest BCUT2D eigenvalue weighted by molar-refractivity contribution is 7.19. The topological polar surface area (TPSA) is 122 Å². The minimum atomic E-state index is -0.421. The van der Waals surface area contributed by atoms with E-state index in [1.807, 2.05) is 24.3 Å². The van der Waals surface area contributed by atoms with Crippen LogP contribution in [0, 0.1) is 6.92 Å². The molecule has 196 valence electrons. The summed E-state index contributed by atoms with van der Waals surface area (Å²) in [6, 6.07) is 15.7. The molecule has 0 radical (unpaired) electrons. The molecule has 10 nitrogen and oxygen atoms in total. The number of likely N-dealkylation sites (tertiary alicyclic amines) is 1. The zero-order valence-corrected chi connectivity index (χ0v) is 21.7.